The summed E-state index contributed by atoms with van der Waals surface area (Å²) < 4.78 is 1.57. The van der Waals surface area contributed by atoms with E-state index in [0.29, 0.717) is 11.4 Å². The first-order valence-corrected chi connectivity index (χ1v) is 6.63. The Balaban J connectivity index is 2.27. The quantitative estimate of drug-likeness (QED) is 0.850. The Morgan fingerprint density at radius 3 is 2.50 bits per heavy atom. The number of para-hydroxylation sites is 1. The number of nitrogen functional groups attached to an aromatic ring is 1. The number of carbonyl (C=O) groups excluding carboxylic acids is 1. The number of benzene rings is 1. The number of aromatic nitrogens is 1. The third-order valence-electron chi connectivity index (χ3n) is 2.22. The van der Waals surface area contributed by atoms with Gasteiger partial charge in [0.2, 0.25) is 0 Å². The van der Waals surface area contributed by atoms with Gasteiger partial charge in [0.25, 0.3) is 5.91 Å². The molecule has 1 amide bonds. The second-order valence-corrected chi connectivity index (χ2v) is 5.23. The van der Waals surface area contributed by atoms with Crippen LogP contribution in [0.15, 0.2) is 45.5 Å². The molecule has 6 heteroatoms. The minimum atomic E-state index is -0.310. The Bertz CT molecular complexity index is 581. The summed E-state index contributed by atoms with van der Waals surface area (Å²) >= 11 is 6.75. The van der Waals surface area contributed by atoms with Crippen LogP contribution in [-0.2, 0) is 0 Å². The Kier molecular flexibility index (Phi) is 3.98. The van der Waals surface area contributed by atoms with Gasteiger partial charge in [0.05, 0.1) is 5.69 Å². The van der Waals surface area contributed by atoms with Crippen LogP contribution in [0.2, 0.25) is 0 Å². The van der Waals surface area contributed by atoms with Crippen LogP contribution in [-0.4, -0.2) is 10.9 Å². The summed E-state index contributed by atoms with van der Waals surface area (Å²) in [7, 11) is 0. The largest absolute Gasteiger partial charge is 0.399 e. The van der Waals surface area contributed by atoms with E-state index in [1.807, 2.05) is 18.2 Å². The standard InChI is InChI=1S/C12H9Br2N3O/c13-8-2-1-3-9(14)11(8)17-12(18)10-6-7(15)4-5-16-10/h1-6H,(H2,15,16)(H,17,18). The molecule has 2 aromatic rings. The lowest BCUT2D eigenvalue weighted by atomic mass is 10.3. The van der Waals surface area contributed by atoms with E-state index in [4.69, 9.17) is 5.73 Å². The highest BCUT2D eigenvalue weighted by molar-refractivity contribution is 9.11. The number of amides is 1. The predicted octanol–water partition coefficient (Wildman–Crippen LogP) is 3.44. The van der Waals surface area contributed by atoms with Crippen LogP contribution in [0.1, 0.15) is 10.5 Å². The smallest absolute Gasteiger partial charge is 0.274 e. The number of nitrogens with zero attached hydrogens (tertiary/aromatic N) is 1. The Hall–Kier alpha value is -1.40. The lowest BCUT2D eigenvalue weighted by Crippen LogP contribution is -2.14. The third-order valence-corrected chi connectivity index (χ3v) is 3.54. The summed E-state index contributed by atoms with van der Waals surface area (Å²) in [5.41, 5.74) is 7.05. The van der Waals surface area contributed by atoms with E-state index in [9.17, 15) is 4.79 Å². The molecule has 0 atom stereocenters. The van der Waals surface area contributed by atoms with E-state index in [1.165, 1.54) is 12.3 Å². The first kappa shape index (κ1) is 13.0. The molecule has 0 saturated heterocycles. The molecular weight excluding hydrogens is 362 g/mol. The molecule has 18 heavy (non-hydrogen) atoms. The molecule has 0 aliphatic carbocycles. The molecule has 2 rings (SSSR count). The molecule has 0 spiro atoms. The van der Waals surface area contributed by atoms with E-state index >= 15 is 0 Å². The van der Waals surface area contributed by atoms with Crippen molar-refractivity contribution in [2.45, 2.75) is 0 Å². The molecule has 3 N–H and O–H groups in total. The SMILES string of the molecule is Nc1ccnc(C(=O)Nc2c(Br)cccc2Br)c1. The fourth-order valence-corrected chi connectivity index (χ4v) is 2.56. The molecule has 0 saturated carbocycles. The average molecular weight is 371 g/mol. The van der Waals surface area contributed by atoms with Crippen LogP contribution in [0.4, 0.5) is 11.4 Å². The van der Waals surface area contributed by atoms with Crippen molar-refractivity contribution in [2.24, 2.45) is 0 Å². The number of rotatable bonds is 2. The molecule has 0 bridgehead atoms. The van der Waals surface area contributed by atoms with E-state index < -0.39 is 0 Å². The fourth-order valence-electron chi connectivity index (χ4n) is 1.37. The third kappa shape index (κ3) is 2.88. The number of halogens is 2. The van der Waals surface area contributed by atoms with Gasteiger partial charge in [-0.15, -0.1) is 0 Å². The zero-order valence-corrected chi connectivity index (χ0v) is 12.3. The monoisotopic (exact) mass is 369 g/mol. The van der Waals surface area contributed by atoms with Gasteiger partial charge in [-0.2, -0.15) is 0 Å². The summed E-state index contributed by atoms with van der Waals surface area (Å²) in [6.45, 7) is 0. The number of nitrogens with two attached hydrogens (primary N) is 1. The predicted molar refractivity (Wildman–Crippen MR) is 78.4 cm³/mol. The van der Waals surface area contributed by atoms with E-state index in [2.05, 4.69) is 42.2 Å². The van der Waals surface area contributed by atoms with Gasteiger partial charge in [-0.3, -0.25) is 9.78 Å². The molecule has 0 aliphatic heterocycles. The normalized spacial score (nSPS) is 10.1. The van der Waals surface area contributed by atoms with Gasteiger partial charge in [0.15, 0.2) is 0 Å². The highest BCUT2D eigenvalue weighted by Crippen LogP contribution is 2.30. The molecule has 1 heterocycles. The summed E-state index contributed by atoms with van der Waals surface area (Å²) in [6.07, 6.45) is 1.50. The van der Waals surface area contributed by atoms with Crippen LogP contribution in [0, 0.1) is 0 Å². The van der Waals surface area contributed by atoms with Gasteiger partial charge in [0, 0.05) is 20.8 Å². The lowest BCUT2D eigenvalue weighted by Gasteiger charge is -2.09. The van der Waals surface area contributed by atoms with Crippen molar-refractivity contribution in [3.63, 3.8) is 0 Å². The molecule has 0 aliphatic rings. The van der Waals surface area contributed by atoms with E-state index in [-0.39, 0.29) is 11.6 Å². The number of carbonyl (C=O) groups is 1. The zero-order valence-electron chi connectivity index (χ0n) is 9.15. The molecule has 1 aromatic heterocycles. The molecule has 0 unspecified atom stereocenters. The summed E-state index contributed by atoms with van der Waals surface area (Å²) in [5, 5.41) is 2.77. The number of pyridine rings is 1. The number of nitrogens with one attached hydrogen (secondary N) is 1. The summed E-state index contributed by atoms with van der Waals surface area (Å²) in [5.74, 6) is -0.310. The second-order valence-electron chi connectivity index (χ2n) is 3.53. The second kappa shape index (κ2) is 5.49. The maximum absolute atomic E-state index is 12.0. The molecule has 1 aromatic carbocycles. The Morgan fingerprint density at radius 1 is 1.22 bits per heavy atom. The molecule has 0 fully saturated rings. The van der Waals surface area contributed by atoms with Gasteiger partial charge < -0.3 is 11.1 Å². The van der Waals surface area contributed by atoms with Crippen molar-refractivity contribution in [1.82, 2.24) is 4.98 Å². The summed E-state index contributed by atoms with van der Waals surface area (Å²) in [6, 6.07) is 8.70. The van der Waals surface area contributed by atoms with Gasteiger partial charge >= 0.3 is 0 Å². The zero-order chi connectivity index (χ0) is 13.1. The molecule has 0 radical (unpaired) electrons. The van der Waals surface area contributed by atoms with Gasteiger partial charge in [-0.25, -0.2) is 0 Å². The highest BCUT2D eigenvalue weighted by Gasteiger charge is 2.12. The van der Waals surface area contributed by atoms with Gasteiger partial charge in [-0.1, -0.05) is 6.07 Å². The van der Waals surface area contributed by atoms with Crippen LogP contribution >= 0.6 is 31.9 Å². The maximum Gasteiger partial charge on any atom is 0.274 e. The van der Waals surface area contributed by atoms with Crippen molar-refractivity contribution in [1.29, 1.82) is 0 Å². The van der Waals surface area contributed by atoms with E-state index in [1.54, 1.807) is 6.07 Å². The first-order chi connectivity index (χ1) is 8.58. The first-order valence-electron chi connectivity index (χ1n) is 5.05. The topological polar surface area (TPSA) is 68.0 Å². The number of anilines is 2. The summed E-state index contributed by atoms with van der Waals surface area (Å²) in [4.78, 5) is 16.0. The van der Waals surface area contributed by atoms with Crippen molar-refractivity contribution in [3.8, 4) is 0 Å². The van der Waals surface area contributed by atoms with Crippen LogP contribution < -0.4 is 11.1 Å². The lowest BCUT2D eigenvalue weighted by molar-refractivity contribution is 0.102. The number of hydrogen-bond acceptors (Lipinski definition) is 3. The Labute approximate surface area is 121 Å². The van der Waals surface area contributed by atoms with Crippen LogP contribution in [0.25, 0.3) is 0 Å². The van der Waals surface area contributed by atoms with Crippen LogP contribution in [0.3, 0.4) is 0 Å². The van der Waals surface area contributed by atoms with Crippen molar-refractivity contribution in [3.05, 3.63) is 51.2 Å². The minimum absolute atomic E-state index is 0.276. The van der Waals surface area contributed by atoms with Gasteiger partial charge in [-0.05, 0) is 56.1 Å². The maximum atomic E-state index is 12.0. The van der Waals surface area contributed by atoms with Crippen molar-refractivity contribution in [2.75, 3.05) is 11.1 Å². The van der Waals surface area contributed by atoms with E-state index in [0.717, 1.165) is 8.95 Å². The average Bonchev–Trinajstić information content (AvgIpc) is 2.34. The fraction of sp³-hybridized carbons (Fsp3) is 0. The Morgan fingerprint density at radius 2 is 1.89 bits per heavy atom. The van der Waals surface area contributed by atoms with Gasteiger partial charge in [0.1, 0.15) is 5.69 Å². The minimum Gasteiger partial charge on any atom is -0.399 e. The van der Waals surface area contributed by atoms with Crippen molar-refractivity contribution >= 4 is 49.1 Å². The van der Waals surface area contributed by atoms with Crippen LogP contribution in [0.5, 0.6) is 0 Å². The molecule has 4 nitrogen and oxygen atoms in total. The van der Waals surface area contributed by atoms with Crippen molar-refractivity contribution < 1.29 is 4.79 Å². The highest BCUT2D eigenvalue weighted by atomic mass is 79.9. The molecule has 92 valence electrons. The number of hydrogen-bond donors (Lipinski definition) is 2. The molecular formula is C12H9Br2N3O.